The second-order valence-corrected chi connectivity index (χ2v) is 6.30. The number of pyridine rings is 1. The van der Waals surface area contributed by atoms with Crippen molar-refractivity contribution in [3.8, 4) is 0 Å². The van der Waals surface area contributed by atoms with E-state index in [2.05, 4.69) is 4.98 Å². The largest absolute Gasteiger partial charge is 0.469 e. The SMILES string of the molecule is COC(=O)CC1(CSCc2nc(N)ccc2Cl)CC1. The topological polar surface area (TPSA) is 65.2 Å². The number of nitrogens with two attached hydrogens (primary N) is 1. The lowest BCUT2D eigenvalue weighted by molar-refractivity contribution is -0.141. The molecule has 1 aromatic rings. The molecular formula is C13H17ClN2O2S. The number of hydrogen-bond acceptors (Lipinski definition) is 5. The highest BCUT2D eigenvalue weighted by atomic mass is 35.5. The zero-order valence-corrected chi connectivity index (χ0v) is 12.4. The van der Waals surface area contributed by atoms with Gasteiger partial charge in [0.2, 0.25) is 0 Å². The third kappa shape index (κ3) is 4.01. The number of methoxy groups -OCH3 is 1. The van der Waals surface area contributed by atoms with E-state index < -0.39 is 0 Å². The van der Waals surface area contributed by atoms with Crippen LogP contribution < -0.4 is 5.73 Å². The fourth-order valence-corrected chi connectivity index (χ4v) is 3.48. The second kappa shape index (κ2) is 6.01. The Labute approximate surface area is 122 Å². The third-order valence-corrected chi connectivity index (χ3v) is 4.93. The van der Waals surface area contributed by atoms with Crippen LogP contribution >= 0.6 is 23.4 Å². The van der Waals surface area contributed by atoms with E-state index >= 15 is 0 Å². The molecule has 1 heterocycles. The number of nitrogens with zero attached hydrogens (tertiary/aromatic N) is 1. The van der Waals surface area contributed by atoms with Gasteiger partial charge in [-0.05, 0) is 36.1 Å². The molecule has 0 saturated heterocycles. The van der Waals surface area contributed by atoms with Gasteiger partial charge in [-0.25, -0.2) is 4.98 Å². The number of thioether (sulfide) groups is 1. The van der Waals surface area contributed by atoms with E-state index in [0.717, 1.165) is 24.3 Å². The summed E-state index contributed by atoms with van der Waals surface area (Å²) in [5.41, 5.74) is 6.58. The highest BCUT2D eigenvalue weighted by Crippen LogP contribution is 2.51. The zero-order chi connectivity index (χ0) is 13.9. The molecule has 0 unspecified atom stereocenters. The number of carbonyl (C=O) groups excluding carboxylic acids is 1. The highest BCUT2D eigenvalue weighted by Gasteiger charge is 2.44. The molecule has 2 rings (SSSR count). The van der Waals surface area contributed by atoms with Crippen molar-refractivity contribution in [2.75, 3.05) is 18.6 Å². The minimum atomic E-state index is -0.127. The van der Waals surface area contributed by atoms with Gasteiger partial charge in [-0.3, -0.25) is 4.79 Å². The minimum Gasteiger partial charge on any atom is -0.469 e. The zero-order valence-electron chi connectivity index (χ0n) is 10.8. The summed E-state index contributed by atoms with van der Waals surface area (Å²) in [6.07, 6.45) is 2.69. The van der Waals surface area contributed by atoms with Crippen LogP contribution in [-0.2, 0) is 15.3 Å². The number of halogens is 1. The van der Waals surface area contributed by atoms with Crippen LogP contribution in [0, 0.1) is 5.41 Å². The number of carbonyl (C=O) groups is 1. The normalized spacial score (nSPS) is 16.1. The summed E-state index contributed by atoms with van der Waals surface area (Å²) in [5.74, 6) is 2.00. The summed E-state index contributed by atoms with van der Waals surface area (Å²) < 4.78 is 4.73. The molecule has 1 aromatic heterocycles. The molecule has 1 fully saturated rings. The number of nitrogen functional groups attached to an aromatic ring is 1. The number of aromatic nitrogens is 1. The number of hydrogen-bond donors (Lipinski definition) is 1. The molecule has 104 valence electrons. The Morgan fingerprint density at radius 2 is 2.32 bits per heavy atom. The van der Waals surface area contributed by atoms with E-state index in [1.165, 1.54) is 7.11 Å². The third-order valence-electron chi connectivity index (χ3n) is 3.29. The van der Waals surface area contributed by atoms with Gasteiger partial charge < -0.3 is 10.5 Å². The fourth-order valence-electron chi connectivity index (χ4n) is 1.89. The van der Waals surface area contributed by atoms with Crippen LogP contribution in [0.4, 0.5) is 5.82 Å². The van der Waals surface area contributed by atoms with Gasteiger partial charge in [0.05, 0.1) is 24.2 Å². The summed E-state index contributed by atoms with van der Waals surface area (Å²) in [7, 11) is 1.43. The number of anilines is 1. The first kappa shape index (κ1) is 14.5. The van der Waals surface area contributed by atoms with Gasteiger partial charge in [-0.15, -0.1) is 0 Å². The minimum absolute atomic E-state index is 0.127. The van der Waals surface area contributed by atoms with Gasteiger partial charge in [0.1, 0.15) is 5.82 Å². The van der Waals surface area contributed by atoms with Crippen molar-refractivity contribution < 1.29 is 9.53 Å². The first-order chi connectivity index (χ1) is 9.04. The average Bonchev–Trinajstić information content (AvgIpc) is 3.13. The standard InChI is InChI=1S/C13H17ClN2O2S/c1-18-12(17)6-13(4-5-13)8-19-7-10-9(14)2-3-11(15)16-10/h2-3H,4-8H2,1H3,(H2,15,16). The molecule has 0 amide bonds. The van der Waals surface area contributed by atoms with Crippen LogP contribution in [0.15, 0.2) is 12.1 Å². The molecule has 0 atom stereocenters. The van der Waals surface area contributed by atoms with Crippen LogP contribution in [0.25, 0.3) is 0 Å². The molecule has 0 spiro atoms. The molecule has 0 aliphatic heterocycles. The predicted molar refractivity (Wildman–Crippen MR) is 78.1 cm³/mol. The van der Waals surface area contributed by atoms with Crippen molar-refractivity contribution in [3.05, 3.63) is 22.8 Å². The summed E-state index contributed by atoms with van der Waals surface area (Å²) in [6.45, 7) is 0. The van der Waals surface area contributed by atoms with Crippen LogP contribution in [0.1, 0.15) is 25.0 Å². The van der Waals surface area contributed by atoms with Crippen molar-refractivity contribution >= 4 is 35.1 Å². The molecule has 4 nitrogen and oxygen atoms in total. The Kier molecular flexibility index (Phi) is 4.58. The quantitative estimate of drug-likeness (QED) is 0.818. The molecule has 2 N–H and O–H groups in total. The molecule has 19 heavy (non-hydrogen) atoms. The summed E-state index contributed by atoms with van der Waals surface area (Å²) >= 11 is 7.80. The summed E-state index contributed by atoms with van der Waals surface area (Å²) in [4.78, 5) is 15.5. The first-order valence-electron chi connectivity index (χ1n) is 6.10. The van der Waals surface area contributed by atoms with E-state index in [4.69, 9.17) is 22.1 Å². The van der Waals surface area contributed by atoms with Gasteiger partial charge >= 0.3 is 5.97 Å². The monoisotopic (exact) mass is 300 g/mol. The van der Waals surface area contributed by atoms with Gasteiger partial charge in [-0.1, -0.05) is 11.6 Å². The van der Waals surface area contributed by atoms with Crippen LogP contribution in [0.2, 0.25) is 5.02 Å². The number of esters is 1. The van der Waals surface area contributed by atoms with E-state index in [-0.39, 0.29) is 11.4 Å². The number of rotatable bonds is 6. The van der Waals surface area contributed by atoms with Crippen molar-refractivity contribution in [1.82, 2.24) is 4.98 Å². The lowest BCUT2D eigenvalue weighted by Gasteiger charge is -2.13. The second-order valence-electron chi connectivity index (χ2n) is 4.91. The van der Waals surface area contributed by atoms with Crippen LogP contribution in [0.5, 0.6) is 0 Å². The van der Waals surface area contributed by atoms with Crippen LogP contribution in [0.3, 0.4) is 0 Å². The smallest absolute Gasteiger partial charge is 0.306 e. The van der Waals surface area contributed by atoms with Gasteiger partial charge in [0.25, 0.3) is 0 Å². The first-order valence-corrected chi connectivity index (χ1v) is 7.63. The molecule has 1 aliphatic carbocycles. The van der Waals surface area contributed by atoms with Gasteiger partial charge in [-0.2, -0.15) is 11.8 Å². The number of ether oxygens (including phenoxy) is 1. The van der Waals surface area contributed by atoms with Crippen molar-refractivity contribution in [2.24, 2.45) is 5.41 Å². The maximum Gasteiger partial charge on any atom is 0.306 e. The van der Waals surface area contributed by atoms with E-state index in [9.17, 15) is 4.79 Å². The van der Waals surface area contributed by atoms with E-state index in [0.29, 0.717) is 23.0 Å². The Morgan fingerprint density at radius 3 is 2.95 bits per heavy atom. The Balaban J connectivity index is 1.83. The Hall–Kier alpha value is -0.940. The molecule has 0 radical (unpaired) electrons. The summed E-state index contributed by atoms with van der Waals surface area (Å²) in [5, 5.41) is 0.638. The fraction of sp³-hybridized carbons (Fsp3) is 0.538. The lowest BCUT2D eigenvalue weighted by atomic mass is 10.1. The molecule has 0 aromatic carbocycles. The molecular weight excluding hydrogens is 284 g/mol. The Morgan fingerprint density at radius 1 is 1.58 bits per heavy atom. The van der Waals surface area contributed by atoms with Gasteiger partial charge in [0.15, 0.2) is 0 Å². The van der Waals surface area contributed by atoms with Gasteiger partial charge in [0, 0.05) is 5.75 Å². The Bertz CT molecular complexity index is 478. The molecule has 0 bridgehead atoms. The predicted octanol–water partition coefficient (Wildman–Crippen LogP) is 2.89. The molecule has 6 heteroatoms. The molecule has 1 saturated carbocycles. The highest BCUT2D eigenvalue weighted by molar-refractivity contribution is 7.98. The maximum absolute atomic E-state index is 11.3. The van der Waals surface area contributed by atoms with Crippen molar-refractivity contribution in [2.45, 2.75) is 25.0 Å². The average molecular weight is 301 g/mol. The van der Waals surface area contributed by atoms with E-state index in [1.807, 2.05) is 0 Å². The molecule has 1 aliphatic rings. The maximum atomic E-state index is 11.3. The van der Waals surface area contributed by atoms with Crippen molar-refractivity contribution in [1.29, 1.82) is 0 Å². The van der Waals surface area contributed by atoms with Crippen molar-refractivity contribution in [3.63, 3.8) is 0 Å². The lowest BCUT2D eigenvalue weighted by Crippen LogP contribution is -2.13. The van der Waals surface area contributed by atoms with Crippen LogP contribution in [-0.4, -0.2) is 23.8 Å². The summed E-state index contributed by atoms with van der Waals surface area (Å²) in [6, 6.07) is 3.46. The van der Waals surface area contributed by atoms with E-state index in [1.54, 1.807) is 23.9 Å².